The zero-order chi connectivity index (χ0) is 22.1. The maximum absolute atomic E-state index is 11.5. The Hall–Kier alpha value is -4.09. The minimum absolute atomic E-state index is 0.0154. The Morgan fingerprint density at radius 1 is 0.759 bits per heavy atom. The highest BCUT2D eigenvalue weighted by atomic mass is 16.4. The van der Waals surface area contributed by atoms with Crippen molar-refractivity contribution in [2.45, 2.75) is 6.92 Å². The molecule has 29 heavy (non-hydrogen) atoms. The molecule has 11 nitrogen and oxygen atoms in total. The van der Waals surface area contributed by atoms with Gasteiger partial charge in [-0.3, -0.25) is 25.2 Å². The highest BCUT2D eigenvalue weighted by Crippen LogP contribution is 2.16. The summed E-state index contributed by atoms with van der Waals surface area (Å²) in [6, 6.07) is 9.45. The summed E-state index contributed by atoms with van der Waals surface area (Å²) in [7, 11) is 0. The Labute approximate surface area is 164 Å². The number of nitrogens with two attached hydrogens (primary N) is 2. The van der Waals surface area contributed by atoms with Crippen LogP contribution >= 0.6 is 0 Å². The van der Waals surface area contributed by atoms with Gasteiger partial charge in [0.25, 0.3) is 11.8 Å². The molecule has 0 aromatic heterocycles. The highest BCUT2D eigenvalue weighted by Gasteiger charge is 2.20. The lowest BCUT2D eigenvalue weighted by molar-refractivity contribution is 0.0696. The third-order valence-electron chi connectivity index (χ3n) is 3.52. The normalized spacial score (nSPS) is 9.48. The van der Waals surface area contributed by atoms with E-state index in [4.69, 9.17) is 21.9 Å². The molecule has 8 N–H and O–H groups in total. The van der Waals surface area contributed by atoms with Crippen molar-refractivity contribution in [2.24, 2.45) is 11.7 Å². The van der Waals surface area contributed by atoms with Crippen LogP contribution in [0.5, 0.6) is 0 Å². The van der Waals surface area contributed by atoms with Gasteiger partial charge in [0.1, 0.15) is 0 Å². The molecule has 0 unspecified atom stereocenters. The molecule has 2 rings (SSSR count). The Morgan fingerprint density at radius 2 is 1.14 bits per heavy atom. The van der Waals surface area contributed by atoms with Crippen LogP contribution in [-0.4, -0.2) is 39.7 Å². The lowest BCUT2D eigenvalue weighted by atomic mass is 9.97. The zero-order valence-electron chi connectivity index (χ0n) is 15.1. The minimum Gasteiger partial charge on any atom is -0.478 e. The molecule has 0 spiro atoms. The first kappa shape index (κ1) is 23.0. The molecule has 2 aromatic rings. The molecule has 0 aliphatic rings. The third kappa shape index (κ3) is 5.95. The lowest BCUT2D eigenvalue weighted by Gasteiger charge is -2.10. The number of benzene rings is 2. The largest absolute Gasteiger partial charge is 0.478 e. The van der Waals surface area contributed by atoms with Gasteiger partial charge in [-0.25, -0.2) is 21.3 Å². The number of hydrogen-bond acceptors (Lipinski definition) is 7. The fourth-order valence-corrected chi connectivity index (χ4v) is 2.25. The number of nitrogens with one attached hydrogen (secondary N) is 2. The van der Waals surface area contributed by atoms with E-state index in [1.807, 2.05) is 10.9 Å². The van der Waals surface area contributed by atoms with Crippen LogP contribution in [0.2, 0.25) is 0 Å². The van der Waals surface area contributed by atoms with E-state index in [1.54, 1.807) is 0 Å². The number of carboxylic acid groups (broad SMARTS) is 2. The molecule has 0 heterocycles. The van der Waals surface area contributed by atoms with Crippen molar-refractivity contribution < 1.29 is 34.2 Å². The topological polar surface area (TPSA) is 202 Å². The molecule has 0 atom stereocenters. The van der Waals surface area contributed by atoms with Crippen LogP contribution in [0.3, 0.4) is 0 Å². The number of Topliss-reactive ketones (excluding diaryl/α,β-unsaturated/α-hetero) is 1. The van der Waals surface area contributed by atoms with Gasteiger partial charge in [0.2, 0.25) is 0 Å². The summed E-state index contributed by atoms with van der Waals surface area (Å²) in [6.45, 7) is 1.25. The number of hydrogen-bond donors (Lipinski definition) is 6. The van der Waals surface area contributed by atoms with Gasteiger partial charge in [0, 0.05) is 5.56 Å². The van der Waals surface area contributed by atoms with E-state index in [2.05, 4.69) is 0 Å². The van der Waals surface area contributed by atoms with Gasteiger partial charge in [-0.05, 0) is 37.3 Å². The van der Waals surface area contributed by atoms with Crippen molar-refractivity contribution in [1.82, 2.24) is 10.9 Å². The summed E-state index contributed by atoms with van der Waals surface area (Å²) in [5.74, 6) is 6.01. The van der Waals surface area contributed by atoms with E-state index >= 15 is 0 Å². The van der Waals surface area contributed by atoms with Gasteiger partial charge in [0.05, 0.1) is 22.3 Å². The van der Waals surface area contributed by atoms with E-state index in [0.717, 1.165) is 6.07 Å². The molecule has 0 fully saturated rings. The second-order valence-corrected chi connectivity index (χ2v) is 5.42. The van der Waals surface area contributed by atoms with Gasteiger partial charge in [-0.1, -0.05) is 12.1 Å². The van der Waals surface area contributed by atoms with E-state index in [1.165, 1.54) is 43.3 Å². The number of carbonyl (C=O) groups excluding carboxylic acids is 3. The fraction of sp³-hybridized carbons (Fsp3) is 0.0556. The number of aromatic carboxylic acids is 2. The number of nitrogen functional groups attached to an aromatic ring is 2. The first-order valence-corrected chi connectivity index (χ1v) is 7.86. The van der Waals surface area contributed by atoms with Crippen LogP contribution in [-0.2, 0) is 0 Å². The molecule has 0 radical (unpaired) electrons. The second kappa shape index (κ2) is 10.3. The first-order chi connectivity index (χ1) is 13.6. The zero-order valence-corrected chi connectivity index (χ0v) is 15.1. The summed E-state index contributed by atoms with van der Waals surface area (Å²) in [5, 5.41) is 17.0. The average molecular weight is 402 g/mol. The summed E-state index contributed by atoms with van der Waals surface area (Å²) in [4.78, 5) is 55.2. The highest BCUT2D eigenvalue weighted by molar-refractivity contribution is 6.14. The Morgan fingerprint density at radius 3 is 1.45 bits per heavy atom. The summed E-state index contributed by atoms with van der Waals surface area (Å²) in [5.41, 5.74) is 3.82. The van der Waals surface area contributed by atoms with Crippen LogP contribution in [0.25, 0.3) is 0 Å². The number of carboxylic acids is 2. The average Bonchev–Trinajstić information content (AvgIpc) is 2.72. The number of ketones is 1. The van der Waals surface area contributed by atoms with Crippen molar-refractivity contribution >= 4 is 29.5 Å². The van der Waals surface area contributed by atoms with E-state index in [-0.39, 0.29) is 27.8 Å². The Kier molecular flexibility index (Phi) is 8.15. The van der Waals surface area contributed by atoms with Crippen molar-refractivity contribution in [3.8, 4) is 0 Å². The minimum atomic E-state index is -1.13. The van der Waals surface area contributed by atoms with Crippen LogP contribution < -0.4 is 22.5 Å². The summed E-state index contributed by atoms with van der Waals surface area (Å²) >= 11 is 0. The molecule has 11 heteroatoms. The Bertz CT molecular complexity index is 909. The van der Waals surface area contributed by atoms with Crippen LogP contribution in [0.1, 0.15) is 58.7 Å². The SMILES string of the molecule is CC(=O)c1c(C(=O)NN)cccc1C(=O)NN.O=C(O)c1cccc(C(=O)O)c1. The van der Waals surface area contributed by atoms with Gasteiger partial charge < -0.3 is 10.2 Å². The van der Waals surface area contributed by atoms with E-state index in [0.29, 0.717) is 0 Å². The summed E-state index contributed by atoms with van der Waals surface area (Å²) < 4.78 is 0. The molecule has 2 amide bonds. The third-order valence-corrected chi connectivity index (χ3v) is 3.52. The molecule has 152 valence electrons. The van der Waals surface area contributed by atoms with Gasteiger partial charge in [0.15, 0.2) is 5.78 Å². The lowest BCUT2D eigenvalue weighted by Crippen LogP contribution is -2.34. The van der Waals surface area contributed by atoms with E-state index < -0.39 is 29.5 Å². The number of carbonyl (C=O) groups is 5. The molecule has 0 aliphatic heterocycles. The van der Waals surface area contributed by atoms with Crippen molar-refractivity contribution in [1.29, 1.82) is 0 Å². The predicted molar refractivity (Wildman–Crippen MR) is 100 cm³/mol. The second-order valence-electron chi connectivity index (χ2n) is 5.42. The van der Waals surface area contributed by atoms with Crippen LogP contribution in [0.4, 0.5) is 0 Å². The Balaban J connectivity index is 0.000000308. The monoisotopic (exact) mass is 402 g/mol. The van der Waals surface area contributed by atoms with E-state index in [9.17, 15) is 24.0 Å². The molecule has 0 saturated carbocycles. The van der Waals surface area contributed by atoms with Gasteiger partial charge in [-0.15, -0.1) is 0 Å². The maximum atomic E-state index is 11.5. The molecular weight excluding hydrogens is 384 g/mol. The van der Waals surface area contributed by atoms with Crippen molar-refractivity contribution in [3.05, 3.63) is 70.3 Å². The van der Waals surface area contributed by atoms with Crippen LogP contribution in [0.15, 0.2) is 42.5 Å². The number of rotatable bonds is 5. The van der Waals surface area contributed by atoms with Crippen molar-refractivity contribution in [2.75, 3.05) is 0 Å². The smallest absolute Gasteiger partial charge is 0.335 e. The predicted octanol–water partition coefficient (Wildman–Crippen LogP) is 0.179. The first-order valence-electron chi connectivity index (χ1n) is 7.86. The van der Waals surface area contributed by atoms with Gasteiger partial charge in [-0.2, -0.15) is 0 Å². The molecule has 2 aromatic carbocycles. The number of amides is 2. The van der Waals surface area contributed by atoms with Crippen LogP contribution in [0, 0.1) is 0 Å². The number of hydrazine groups is 2. The van der Waals surface area contributed by atoms with Gasteiger partial charge >= 0.3 is 11.9 Å². The maximum Gasteiger partial charge on any atom is 0.335 e. The van der Waals surface area contributed by atoms with Crippen molar-refractivity contribution in [3.63, 3.8) is 0 Å². The standard InChI is InChI=1S/C10H12N4O3.C8H6O4/c1-5(15)8-6(9(16)13-11)3-2-4-7(8)10(17)14-12;9-7(10)5-2-1-3-6(4-5)8(11)12/h2-4H,11-12H2,1H3,(H,13,16)(H,14,17);1-4H,(H,9,10)(H,11,12). The molecule has 0 saturated heterocycles. The summed E-state index contributed by atoms with van der Waals surface area (Å²) in [6.07, 6.45) is 0. The molecular formula is C18H18N4O7. The molecule has 0 aliphatic carbocycles. The quantitative estimate of drug-likeness (QED) is 0.174. The fourth-order valence-electron chi connectivity index (χ4n) is 2.25. The molecule has 0 bridgehead atoms.